The molecule has 100 valence electrons. The van der Waals surface area contributed by atoms with Crippen LogP contribution in [0, 0.1) is 0 Å². The van der Waals surface area contributed by atoms with Crippen molar-refractivity contribution >= 4 is 11.9 Å². The largest absolute Gasteiger partial charge is 0.372 e. The average Bonchev–Trinajstić information content (AvgIpc) is 2.54. The topological polar surface area (TPSA) is 67.9 Å². The van der Waals surface area contributed by atoms with Crippen molar-refractivity contribution in [2.24, 2.45) is 0 Å². The fourth-order valence-corrected chi connectivity index (χ4v) is 2.33. The Morgan fingerprint density at radius 2 is 2.17 bits per heavy atom. The molecule has 0 unspecified atom stereocenters. The van der Waals surface area contributed by atoms with Gasteiger partial charge in [-0.25, -0.2) is 13.6 Å². The van der Waals surface area contributed by atoms with Crippen molar-refractivity contribution in [1.29, 1.82) is 0 Å². The molecule has 0 bridgehead atoms. The van der Waals surface area contributed by atoms with Crippen LogP contribution in [-0.4, -0.2) is 53.8 Å². The Labute approximate surface area is 101 Å². The first-order chi connectivity index (χ1) is 8.41. The molecular weight excluding hydrogens is 250 g/mol. The number of imide groups is 1. The van der Waals surface area contributed by atoms with Gasteiger partial charge in [0.2, 0.25) is 12.0 Å². The number of hydrogen-bond donors (Lipinski definition) is 1. The highest BCUT2D eigenvalue weighted by Crippen LogP contribution is 2.37. The monoisotopic (exact) mass is 262 g/mol. The fourth-order valence-electron chi connectivity index (χ4n) is 2.33. The molecule has 3 rings (SSSR count). The first kappa shape index (κ1) is 11.8. The Hall–Kier alpha value is -1.28. The number of nitrogens with one attached hydrogen (secondary N) is 1. The minimum absolute atomic E-state index is 0.182. The van der Waals surface area contributed by atoms with E-state index >= 15 is 0 Å². The van der Waals surface area contributed by atoms with Gasteiger partial charge in [0, 0.05) is 6.42 Å². The molecule has 0 aliphatic carbocycles. The number of carbonyl (C=O) groups excluding carboxylic acids is 2. The van der Waals surface area contributed by atoms with E-state index in [0.29, 0.717) is 11.5 Å². The minimum Gasteiger partial charge on any atom is -0.372 e. The lowest BCUT2D eigenvalue weighted by atomic mass is 10.0. The second kappa shape index (κ2) is 3.61. The van der Waals surface area contributed by atoms with Crippen molar-refractivity contribution in [3.05, 3.63) is 0 Å². The zero-order chi connectivity index (χ0) is 13.1. The number of halogens is 2. The summed E-state index contributed by atoms with van der Waals surface area (Å²) in [4.78, 5) is 23.4. The van der Waals surface area contributed by atoms with E-state index < -0.39 is 30.1 Å². The molecule has 3 amide bonds. The van der Waals surface area contributed by atoms with Crippen LogP contribution in [0.25, 0.3) is 0 Å². The Morgan fingerprint density at radius 3 is 2.67 bits per heavy atom. The van der Waals surface area contributed by atoms with Gasteiger partial charge in [-0.2, -0.15) is 0 Å². The summed E-state index contributed by atoms with van der Waals surface area (Å²) in [5.74, 6) is -1.27. The summed E-state index contributed by atoms with van der Waals surface area (Å²) < 4.78 is 38.4. The second-order valence-electron chi connectivity index (χ2n) is 4.81. The number of ether oxygens (including phenoxy) is 2. The maximum Gasteiger partial charge on any atom is 0.328 e. The summed E-state index contributed by atoms with van der Waals surface area (Å²) in [6.45, 7) is 1.19. The summed E-state index contributed by atoms with van der Waals surface area (Å²) in [6, 6.07) is -0.978. The van der Waals surface area contributed by atoms with Gasteiger partial charge in [-0.3, -0.25) is 15.0 Å². The molecule has 3 heterocycles. The van der Waals surface area contributed by atoms with E-state index in [1.165, 1.54) is 0 Å². The highest BCUT2D eigenvalue weighted by atomic mass is 19.2. The van der Waals surface area contributed by atoms with Crippen molar-refractivity contribution in [3.63, 3.8) is 0 Å². The quantitative estimate of drug-likeness (QED) is 0.679. The Kier molecular flexibility index (Phi) is 2.36. The van der Waals surface area contributed by atoms with Gasteiger partial charge >= 0.3 is 6.03 Å². The van der Waals surface area contributed by atoms with Crippen LogP contribution >= 0.6 is 0 Å². The molecule has 0 radical (unpaired) electrons. The van der Waals surface area contributed by atoms with Crippen molar-refractivity contribution in [1.82, 2.24) is 10.2 Å². The molecule has 18 heavy (non-hydrogen) atoms. The van der Waals surface area contributed by atoms with E-state index in [0.717, 1.165) is 6.92 Å². The molecule has 8 heteroatoms. The molecule has 0 saturated carbocycles. The summed E-state index contributed by atoms with van der Waals surface area (Å²) in [5, 5.41) is 1.79. The number of hydrogen-bond acceptors (Lipinski definition) is 4. The van der Waals surface area contributed by atoms with Gasteiger partial charge in [0.05, 0.1) is 12.7 Å². The van der Waals surface area contributed by atoms with Crippen molar-refractivity contribution in [2.75, 3.05) is 6.61 Å². The van der Waals surface area contributed by atoms with Crippen LogP contribution in [0.3, 0.4) is 0 Å². The summed E-state index contributed by atoms with van der Waals surface area (Å²) >= 11 is 0. The lowest BCUT2D eigenvalue weighted by molar-refractivity contribution is -0.176. The summed E-state index contributed by atoms with van der Waals surface area (Å²) in [6.07, 6.45) is -3.35. The first-order valence-electron chi connectivity index (χ1n) is 5.65. The van der Waals surface area contributed by atoms with E-state index in [1.54, 1.807) is 5.32 Å². The Bertz CT molecular complexity index is 405. The lowest BCUT2D eigenvalue weighted by Gasteiger charge is -2.39. The molecule has 5 atom stereocenters. The molecule has 3 aliphatic heterocycles. The van der Waals surface area contributed by atoms with E-state index in [9.17, 15) is 18.4 Å². The Balaban J connectivity index is 1.82. The third-order valence-corrected chi connectivity index (χ3v) is 3.56. The maximum atomic E-state index is 14.0. The van der Waals surface area contributed by atoms with Crippen molar-refractivity contribution in [2.45, 2.75) is 43.7 Å². The second-order valence-corrected chi connectivity index (χ2v) is 4.81. The van der Waals surface area contributed by atoms with E-state index in [1.807, 2.05) is 0 Å². The van der Waals surface area contributed by atoms with Gasteiger partial charge in [0.25, 0.3) is 5.91 Å². The SMILES string of the molecule is C[C@]1(F)C(=O)NC(=O)N([C@H]2C[C@H]3OC[C@H]3O2)[C@H]1F. The summed E-state index contributed by atoms with van der Waals surface area (Å²) in [5.41, 5.74) is -2.78. The number of carbonyl (C=O) groups is 2. The van der Waals surface area contributed by atoms with Crippen molar-refractivity contribution in [3.8, 4) is 0 Å². The third kappa shape index (κ3) is 1.45. The van der Waals surface area contributed by atoms with Crippen LogP contribution in [0.2, 0.25) is 0 Å². The van der Waals surface area contributed by atoms with Gasteiger partial charge < -0.3 is 9.47 Å². The summed E-state index contributed by atoms with van der Waals surface area (Å²) in [7, 11) is 0. The number of urea groups is 1. The third-order valence-electron chi connectivity index (χ3n) is 3.56. The standard InChI is InChI=1S/C10H12F2N2O4/c1-10(12)7(11)14(9(16)13-8(10)15)6-2-4-5(18-6)3-17-4/h4-7H,2-3H2,1H3,(H,13,15,16)/t4-,5-,6-,7-,10-/m1/s1. The predicted molar refractivity (Wildman–Crippen MR) is 52.8 cm³/mol. The van der Waals surface area contributed by atoms with Crippen LogP contribution < -0.4 is 5.32 Å². The van der Waals surface area contributed by atoms with E-state index in [2.05, 4.69) is 0 Å². The molecule has 0 aromatic carbocycles. The van der Waals surface area contributed by atoms with Crippen LogP contribution in [0.1, 0.15) is 13.3 Å². The van der Waals surface area contributed by atoms with Crippen LogP contribution in [0.15, 0.2) is 0 Å². The minimum atomic E-state index is -2.78. The van der Waals surface area contributed by atoms with E-state index in [-0.39, 0.29) is 18.6 Å². The Morgan fingerprint density at radius 1 is 1.44 bits per heavy atom. The number of rotatable bonds is 1. The molecule has 6 nitrogen and oxygen atoms in total. The van der Waals surface area contributed by atoms with Gasteiger partial charge in [-0.15, -0.1) is 0 Å². The smallest absolute Gasteiger partial charge is 0.328 e. The highest BCUT2D eigenvalue weighted by molar-refractivity contribution is 6.01. The number of amides is 3. The molecule has 3 saturated heterocycles. The molecule has 3 aliphatic rings. The predicted octanol–water partition coefficient (Wildman–Crippen LogP) is 0.0758. The molecule has 0 spiro atoms. The van der Waals surface area contributed by atoms with Gasteiger partial charge in [0.15, 0.2) is 0 Å². The molecule has 3 fully saturated rings. The lowest BCUT2D eigenvalue weighted by Crippen LogP contribution is -2.67. The molecule has 0 aromatic rings. The molecular formula is C10H12F2N2O4. The zero-order valence-electron chi connectivity index (χ0n) is 9.56. The maximum absolute atomic E-state index is 14.0. The number of alkyl halides is 2. The van der Waals surface area contributed by atoms with E-state index in [4.69, 9.17) is 9.47 Å². The first-order valence-corrected chi connectivity index (χ1v) is 5.65. The van der Waals surface area contributed by atoms with Crippen LogP contribution in [-0.2, 0) is 14.3 Å². The number of nitrogens with zero attached hydrogens (tertiary/aromatic N) is 1. The van der Waals surface area contributed by atoms with Gasteiger partial charge in [0.1, 0.15) is 12.3 Å². The average molecular weight is 262 g/mol. The van der Waals surface area contributed by atoms with Crippen molar-refractivity contribution < 1.29 is 27.8 Å². The molecule has 0 aromatic heterocycles. The van der Waals surface area contributed by atoms with Crippen LogP contribution in [0.5, 0.6) is 0 Å². The number of fused-ring (bicyclic) bond motifs is 1. The van der Waals surface area contributed by atoms with Crippen LogP contribution in [0.4, 0.5) is 13.6 Å². The van der Waals surface area contributed by atoms with Gasteiger partial charge in [-0.05, 0) is 6.92 Å². The fraction of sp³-hybridized carbons (Fsp3) is 0.800. The van der Waals surface area contributed by atoms with Gasteiger partial charge in [-0.1, -0.05) is 0 Å². The highest BCUT2D eigenvalue weighted by Gasteiger charge is 2.57. The molecule has 1 N–H and O–H groups in total. The zero-order valence-corrected chi connectivity index (χ0v) is 9.56. The normalized spacial score (nSPS) is 47.6.